The molecule has 0 bridgehead atoms. The number of nitriles is 1. The number of hydrogen-bond acceptors (Lipinski definition) is 5. The summed E-state index contributed by atoms with van der Waals surface area (Å²) in [5.41, 5.74) is 2.41. The zero-order chi connectivity index (χ0) is 17.1. The van der Waals surface area contributed by atoms with Crippen LogP contribution in [-0.2, 0) is 0 Å². The Balaban J connectivity index is 1.67. The zero-order valence-electron chi connectivity index (χ0n) is 13.9. The van der Waals surface area contributed by atoms with Gasteiger partial charge in [-0.25, -0.2) is 4.98 Å². The fourth-order valence-corrected chi connectivity index (χ4v) is 3.26. The molecule has 25 heavy (non-hydrogen) atoms. The Morgan fingerprint density at radius 3 is 2.48 bits per heavy atom. The predicted octanol–water partition coefficient (Wildman–Crippen LogP) is 4.60. The third kappa shape index (κ3) is 3.38. The SMILES string of the molecule is N#Cc1ccc(Nc2nc(NC3CCCC3)c3ccccc3n2)cc1. The van der Waals surface area contributed by atoms with Crippen molar-refractivity contribution >= 4 is 28.4 Å². The van der Waals surface area contributed by atoms with E-state index in [9.17, 15) is 0 Å². The van der Waals surface area contributed by atoms with Crippen LogP contribution >= 0.6 is 0 Å². The van der Waals surface area contributed by atoms with Crippen molar-refractivity contribution in [1.29, 1.82) is 5.26 Å². The lowest BCUT2D eigenvalue weighted by molar-refractivity contribution is 0.752. The number of para-hydroxylation sites is 1. The Hall–Kier alpha value is -3.13. The van der Waals surface area contributed by atoms with Crippen molar-refractivity contribution in [3.63, 3.8) is 0 Å². The van der Waals surface area contributed by atoms with Crippen LogP contribution in [0.15, 0.2) is 48.5 Å². The fraction of sp³-hybridized carbons (Fsp3) is 0.250. The molecule has 1 saturated carbocycles. The number of fused-ring (bicyclic) bond motifs is 1. The largest absolute Gasteiger partial charge is 0.367 e. The first-order chi connectivity index (χ1) is 12.3. The van der Waals surface area contributed by atoms with Crippen LogP contribution in [0.1, 0.15) is 31.2 Å². The van der Waals surface area contributed by atoms with E-state index in [-0.39, 0.29) is 0 Å². The minimum absolute atomic E-state index is 0.487. The van der Waals surface area contributed by atoms with Crippen LogP contribution in [0.3, 0.4) is 0 Å². The molecule has 1 heterocycles. The summed E-state index contributed by atoms with van der Waals surface area (Å²) in [5.74, 6) is 1.44. The molecule has 3 aromatic rings. The number of hydrogen-bond donors (Lipinski definition) is 2. The summed E-state index contributed by atoms with van der Waals surface area (Å²) in [4.78, 5) is 9.32. The smallest absolute Gasteiger partial charge is 0.229 e. The van der Waals surface area contributed by atoms with Gasteiger partial charge in [-0.15, -0.1) is 0 Å². The average molecular weight is 329 g/mol. The number of rotatable bonds is 4. The van der Waals surface area contributed by atoms with Crippen LogP contribution < -0.4 is 10.6 Å². The minimum atomic E-state index is 0.487. The molecule has 2 N–H and O–H groups in total. The third-order valence-electron chi connectivity index (χ3n) is 4.57. The van der Waals surface area contributed by atoms with Gasteiger partial charge in [-0.3, -0.25) is 0 Å². The molecule has 1 aliphatic carbocycles. The fourth-order valence-electron chi connectivity index (χ4n) is 3.26. The van der Waals surface area contributed by atoms with E-state index < -0.39 is 0 Å². The van der Waals surface area contributed by atoms with Gasteiger partial charge in [0.05, 0.1) is 17.1 Å². The van der Waals surface area contributed by atoms with Gasteiger partial charge in [0.1, 0.15) is 5.82 Å². The molecule has 1 aromatic heterocycles. The Kier molecular flexibility index (Phi) is 4.17. The van der Waals surface area contributed by atoms with E-state index in [2.05, 4.69) is 27.8 Å². The zero-order valence-corrected chi connectivity index (χ0v) is 13.9. The Bertz CT molecular complexity index is 921. The summed E-state index contributed by atoms with van der Waals surface area (Å²) in [6, 6.07) is 17.9. The summed E-state index contributed by atoms with van der Waals surface area (Å²) in [5, 5.41) is 16.8. The maximum absolute atomic E-state index is 8.91. The van der Waals surface area contributed by atoms with E-state index in [1.807, 2.05) is 30.3 Å². The molecular formula is C20H19N5. The van der Waals surface area contributed by atoms with Gasteiger partial charge in [-0.2, -0.15) is 10.2 Å². The standard InChI is InChI=1S/C20H19N5/c21-13-14-9-11-16(12-10-14)23-20-24-18-8-4-3-7-17(18)19(25-20)22-15-5-1-2-6-15/h3-4,7-12,15H,1-2,5-6H2,(H2,22,23,24,25). The highest BCUT2D eigenvalue weighted by Gasteiger charge is 2.17. The molecular weight excluding hydrogens is 310 g/mol. The second-order valence-electron chi connectivity index (χ2n) is 6.35. The predicted molar refractivity (Wildman–Crippen MR) is 99.9 cm³/mol. The van der Waals surface area contributed by atoms with Gasteiger partial charge < -0.3 is 10.6 Å². The molecule has 0 aliphatic heterocycles. The van der Waals surface area contributed by atoms with Crippen molar-refractivity contribution in [2.24, 2.45) is 0 Å². The number of aromatic nitrogens is 2. The normalized spacial score (nSPS) is 14.4. The van der Waals surface area contributed by atoms with Gasteiger partial charge >= 0.3 is 0 Å². The van der Waals surface area contributed by atoms with Crippen molar-refractivity contribution in [2.75, 3.05) is 10.6 Å². The van der Waals surface area contributed by atoms with E-state index in [1.165, 1.54) is 25.7 Å². The molecule has 2 aromatic carbocycles. The van der Waals surface area contributed by atoms with Crippen LogP contribution in [0, 0.1) is 11.3 Å². The Labute approximate surface area is 146 Å². The molecule has 1 fully saturated rings. The second kappa shape index (κ2) is 6.78. The van der Waals surface area contributed by atoms with E-state index >= 15 is 0 Å². The first-order valence-corrected chi connectivity index (χ1v) is 8.62. The van der Waals surface area contributed by atoms with Gasteiger partial charge in [0.2, 0.25) is 5.95 Å². The molecule has 4 rings (SSSR count). The molecule has 0 spiro atoms. The molecule has 0 atom stereocenters. The molecule has 1 aliphatic rings. The van der Waals surface area contributed by atoms with Gasteiger partial charge in [0, 0.05) is 17.1 Å². The molecule has 5 heteroatoms. The highest BCUT2D eigenvalue weighted by atomic mass is 15.2. The third-order valence-corrected chi connectivity index (χ3v) is 4.57. The minimum Gasteiger partial charge on any atom is -0.367 e. The topological polar surface area (TPSA) is 73.6 Å². The van der Waals surface area contributed by atoms with Crippen molar-refractivity contribution < 1.29 is 0 Å². The highest BCUT2D eigenvalue weighted by molar-refractivity contribution is 5.90. The summed E-state index contributed by atoms with van der Waals surface area (Å²) in [7, 11) is 0. The van der Waals surface area contributed by atoms with Gasteiger partial charge in [0.25, 0.3) is 0 Å². The maximum Gasteiger partial charge on any atom is 0.229 e. The van der Waals surface area contributed by atoms with Gasteiger partial charge in [-0.05, 0) is 49.2 Å². The van der Waals surface area contributed by atoms with Gasteiger partial charge in [-0.1, -0.05) is 25.0 Å². The number of benzene rings is 2. The first-order valence-electron chi connectivity index (χ1n) is 8.62. The molecule has 124 valence electrons. The summed E-state index contributed by atoms with van der Waals surface area (Å²) >= 11 is 0. The lowest BCUT2D eigenvalue weighted by Crippen LogP contribution is -2.16. The molecule has 0 radical (unpaired) electrons. The monoisotopic (exact) mass is 329 g/mol. The number of nitrogens with zero attached hydrogens (tertiary/aromatic N) is 3. The lowest BCUT2D eigenvalue weighted by Gasteiger charge is -2.16. The Morgan fingerprint density at radius 1 is 0.960 bits per heavy atom. The van der Waals surface area contributed by atoms with Crippen molar-refractivity contribution in [2.45, 2.75) is 31.7 Å². The van der Waals surface area contributed by atoms with E-state index in [0.717, 1.165) is 22.4 Å². The quantitative estimate of drug-likeness (QED) is 0.732. The first kappa shape index (κ1) is 15.4. The van der Waals surface area contributed by atoms with E-state index in [1.54, 1.807) is 12.1 Å². The van der Waals surface area contributed by atoms with Crippen LogP contribution in [0.2, 0.25) is 0 Å². The highest BCUT2D eigenvalue weighted by Crippen LogP contribution is 2.27. The van der Waals surface area contributed by atoms with Crippen LogP contribution in [-0.4, -0.2) is 16.0 Å². The average Bonchev–Trinajstić information content (AvgIpc) is 3.15. The second-order valence-corrected chi connectivity index (χ2v) is 6.35. The van der Waals surface area contributed by atoms with E-state index in [0.29, 0.717) is 17.6 Å². The maximum atomic E-state index is 8.91. The van der Waals surface area contributed by atoms with Crippen LogP contribution in [0.25, 0.3) is 10.9 Å². The van der Waals surface area contributed by atoms with E-state index in [4.69, 9.17) is 10.2 Å². The molecule has 0 saturated heterocycles. The van der Waals surface area contributed by atoms with Crippen LogP contribution in [0.5, 0.6) is 0 Å². The number of anilines is 3. The van der Waals surface area contributed by atoms with Crippen molar-refractivity contribution in [3.8, 4) is 6.07 Å². The summed E-state index contributed by atoms with van der Waals surface area (Å²) < 4.78 is 0. The van der Waals surface area contributed by atoms with Gasteiger partial charge in [0.15, 0.2) is 0 Å². The number of nitrogens with one attached hydrogen (secondary N) is 2. The molecule has 0 amide bonds. The van der Waals surface area contributed by atoms with Crippen molar-refractivity contribution in [1.82, 2.24) is 9.97 Å². The molecule has 0 unspecified atom stereocenters. The lowest BCUT2D eigenvalue weighted by atomic mass is 10.2. The van der Waals surface area contributed by atoms with Crippen LogP contribution in [0.4, 0.5) is 17.5 Å². The summed E-state index contributed by atoms with van der Waals surface area (Å²) in [6.45, 7) is 0. The molecule has 5 nitrogen and oxygen atoms in total. The van der Waals surface area contributed by atoms with Crippen molar-refractivity contribution in [3.05, 3.63) is 54.1 Å². The Morgan fingerprint density at radius 2 is 1.72 bits per heavy atom. The summed E-state index contributed by atoms with van der Waals surface area (Å²) in [6.07, 6.45) is 4.93.